The molecule has 0 aliphatic carbocycles. The number of nitrogens with zero attached hydrogens (tertiary/aromatic N) is 1. The zero-order chi connectivity index (χ0) is 13.7. The Hall–Kier alpha value is -1.91. The van der Waals surface area contributed by atoms with Crippen LogP contribution in [0.15, 0.2) is 24.3 Å². The number of hydrogen-bond donors (Lipinski definition) is 1. The molecule has 19 heavy (non-hydrogen) atoms. The van der Waals surface area contributed by atoms with Gasteiger partial charge >= 0.3 is 0 Å². The molecule has 0 unspecified atom stereocenters. The maximum absolute atomic E-state index is 12.7. The second kappa shape index (κ2) is 6.31. The highest BCUT2D eigenvalue weighted by atomic mass is 19.1. The summed E-state index contributed by atoms with van der Waals surface area (Å²) in [4.78, 5) is 24.5. The fourth-order valence-electron chi connectivity index (χ4n) is 2.10. The molecule has 0 aromatic heterocycles. The van der Waals surface area contributed by atoms with Crippen LogP contribution >= 0.6 is 0 Å². The van der Waals surface area contributed by atoms with Crippen molar-refractivity contribution in [2.75, 3.05) is 19.6 Å². The molecule has 1 fully saturated rings. The standard InChI is InChI=1S/C14H17FN2O2/c15-12-5-3-11(4-6-12)7-8-16-13(18)10-17-9-1-2-14(17)19/h3-6H,1-2,7-10H2,(H,16,18). The molecule has 2 rings (SSSR count). The maximum atomic E-state index is 12.7. The lowest BCUT2D eigenvalue weighted by molar-refractivity contribution is -0.133. The SMILES string of the molecule is O=C(CN1CCCC1=O)NCCc1ccc(F)cc1. The Labute approximate surface area is 111 Å². The minimum absolute atomic E-state index is 0.0497. The number of amides is 2. The van der Waals surface area contributed by atoms with E-state index < -0.39 is 0 Å². The summed E-state index contributed by atoms with van der Waals surface area (Å²) >= 11 is 0. The molecule has 1 saturated heterocycles. The predicted octanol–water partition coefficient (Wildman–Crippen LogP) is 1.11. The number of rotatable bonds is 5. The Balaban J connectivity index is 1.69. The first-order valence-electron chi connectivity index (χ1n) is 6.44. The molecule has 2 amide bonds. The van der Waals surface area contributed by atoms with Gasteiger partial charge in [0.1, 0.15) is 5.82 Å². The summed E-state index contributed by atoms with van der Waals surface area (Å²) in [6.07, 6.45) is 2.03. The summed E-state index contributed by atoms with van der Waals surface area (Å²) in [6, 6.07) is 6.21. The smallest absolute Gasteiger partial charge is 0.239 e. The van der Waals surface area contributed by atoms with E-state index in [1.54, 1.807) is 17.0 Å². The van der Waals surface area contributed by atoms with Gasteiger partial charge in [-0.05, 0) is 30.5 Å². The van der Waals surface area contributed by atoms with Crippen molar-refractivity contribution in [1.29, 1.82) is 0 Å². The van der Waals surface area contributed by atoms with Crippen LogP contribution in [0.4, 0.5) is 4.39 Å². The molecular formula is C14H17FN2O2. The largest absolute Gasteiger partial charge is 0.354 e. The van der Waals surface area contributed by atoms with Crippen LogP contribution in [-0.2, 0) is 16.0 Å². The average Bonchev–Trinajstić information content (AvgIpc) is 2.78. The molecule has 0 spiro atoms. The molecule has 1 aliphatic heterocycles. The van der Waals surface area contributed by atoms with Crippen molar-refractivity contribution in [3.63, 3.8) is 0 Å². The molecule has 0 radical (unpaired) electrons. The summed E-state index contributed by atoms with van der Waals surface area (Å²) in [5.74, 6) is -0.355. The van der Waals surface area contributed by atoms with E-state index in [2.05, 4.69) is 5.32 Å². The Bertz CT molecular complexity index is 459. The van der Waals surface area contributed by atoms with E-state index in [0.29, 0.717) is 25.9 Å². The lowest BCUT2D eigenvalue weighted by Crippen LogP contribution is -2.38. The van der Waals surface area contributed by atoms with Gasteiger partial charge in [-0.3, -0.25) is 9.59 Å². The zero-order valence-electron chi connectivity index (χ0n) is 10.7. The van der Waals surface area contributed by atoms with E-state index >= 15 is 0 Å². The van der Waals surface area contributed by atoms with Crippen molar-refractivity contribution in [2.24, 2.45) is 0 Å². The molecule has 1 aromatic carbocycles. The van der Waals surface area contributed by atoms with E-state index in [-0.39, 0.29) is 24.2 Å². The lowest BCUT2D eigenvalue weighted by Gasteiger charge is -2.14. The first-order chi connectivity index (χ1) is 9.15. The average molecular weight is 264 g/mol. The number of carbonyl (C=O) groups excluding carboxylic acids is 2. The highest BCUT2D eigenvalue weighted by Crippen LogP contribution is 2.08. The van der Waals surface area contributed by atoms with E-state index in [0.717, 1.165) is 12.0 Å². The van der Waals surface area contributed by atoms with Gasteiger partial charge < -0.3 is 10.2 Å². The fourth-order valence-corrected chi connectivity index (χ4v) is 2.10. The number of likely N-dealkylation sites (tertiary alicyclic amines) is 1. The van der Waals surface area contributed by atoms with Crippen LogP contribution in [0.1, 0.15) is 18.4 Å². The van der Waals surface area contributed by atoms with Gasteiger partial charge in [0.2, 0.25) is 11.8 Å². The third kappa shape index (κ3) is 4.05. The molecule has 1 N–H and O–H groups in total. The van der Waals surface area contributed by atoms with Crippen LogP contribution in [0.25, 0.3) is 0 Å². The van der Waals surface area contributed by atoms with Crippen LogP contribution in [0.3, 0.4) is 0 Å². The summed E-state index contributed by atoms with van der Waals surface area (Å²) in [7, 11) is 0. The van der Waals surface area contributed by atoms with Crippen molar-refractivity contribution in [3.05, 3.63) is 35.6 Å². The van der Waals surface area contributed by atoms with Crippen molar-refractivity contribution in [3.8, 4) is 0 Å². The third-order valence-electron chi connectivity index (χ3n) is 3.15. The molecule has 0 atom stereocenters. The Kier molecular flexibility index (Phi) is 4.49. The summed E-state index contributed by atoms with van der Waals surface area (Å²) in [6.45, 7) is 1.30. The van der Waals surface area contributed by atoms with Crippen LogP contribution in [-0.4, -0.2) is 36.3 Å². The number of carbonyl (C=O) groups is 2. The summed E-state index contributed by atoms with van der Waals surface area (Å²) < 4.78 is 12.7. The van der Waals surface area contributed by atoms with E-state index in [4.69, 9.17) is 0 Å². The number of hydrogen-bond acceptors (Lipinski definition) is 2. The molecule has 1 aromatic rings. The van der Waals surface area contributed by atoms with E-state index in [1.807, 2.05) is 0 Å². The topological polar surface area (TPSA) is 49.4 Å². The number of halogens is 1. The van der Waals surface area contributed by atoms with Gasteiger partial charge in [-0.25, -0.2) is 4.39 Å². The highest BCUT2D eigenvalue weighted by Gasteiger charge is 2.21. The minimum Gasteiger partial charge on any atom is -0.354 e. The van der Waals surface area contributed by atoms with Gasteiger partial charge in [0.25, 0.3) is 0 Å². The lowest BCUT2D eigenvalue weighted by atomic mass is 10.1. The monoisotopic (exact) mass is 264 g/mol. The van der Waals surface area contributed by atoms with Crippen LogP contribution in [0.2, 0.25) is 0 Å². The van der Waals surface area contributed by atoms with Crippen molar-refractivity contribution < 1.29 is 14.0 Å². The van der Waals surface area contributed by atoms with Gasteiger partial charge in [-0.15, -0.1) is 0 Å². The molecule has 1 aliphatic rings. The number of nitrogens with one attached hydrogen (secondary N) is 1. The van der Waals surface area contributed by atoms with E-state index in [9.17, 15) is 14.0 Å². The Morgan fingerprint density at radius 1 is 1.32 bits per heavy atom. The summed E-state index contributed by atoms with van der Waals surface area (Å²) in [5, 5.41) is 2.77. The van der Waals surface area contributed by atoms with Gasteiger partial charge in [0, 0.05) is 19.5 Å². The molecule has 4 nitrogen and oxygen atoms in total. The molecule has 102 valence electrons. The summed E-state index contributed by atoms with van der Waals surface area (Å²) in [5.41, 5.74) is 0.971. The maximum Gasteiger partial charge on any atom is 0.239 e. The molecular weight excluding hydrogens is 247 g/mol. The second-order valence-corrected chi connectivity index (χ2v) is 4.65. The highest BCUT2D eigenvalue weighted by molar-refractivity contribution is 5.85. The minimum atomic E-state index is -0.264. The van der Waals surface area contributed by atoms with Gasteiger partial charge in [0.05, 0.1) is 6.54 Å². The van der Waals surface area contributed by atoms with Crippen LogP contribution < -0.4 is 5.32 Å². The molecule has 0 saturated carbocycles. The van der Waals surface area contributed by atoms with E-state index in [1.165, 1.54) is 12.1 Å². The molecule has 1 heterocycles. The van der Waals surface area contributed by atoms with Crippen molar-refractivity contribution in [2.45, 2.75) is 19.3 Å². The fraction of sp³-hybridized carbons (Fsp3) is 0.429. The zero-order valence-corrected chi connectivity index (χ0v) is 10.7. The Morgan fingerprint density at radius 2 is 2.05 bits per heavy atom. The van der Waals surface area contributed by atoms with Gasteiger partial charge in [-0.2, -0.15) is 0 Å². The third-order valence-corrected chi connectivity index (χ3v) is 3.15. The number of benzene rings is 1. The van der Waals surface area contributed by atoms with Gasteiger partial charge in [-0.1, -0.05) is 12.1 Å². The molecule has 5 heteroatoms. The van der Waals surface area contributed by atoms with Crippen LogP contribution in [0, 0.1) is 5.82 Å². The second-order valence-electron chi connectivity index (χ2n) is 4.65. The normalized spacial score (nSPS) is 14.8. The quantitative estimate of drug-likeness (QED) is 0.866. The van der Waals surface area contributed by atoms with Crippen molar-refractivity contribution in [1.82, 2.24) is 10.2 Å². The predicted molar refractivity (Wildman–Crippen MR) is 68.9 cm³/mol. The van der Waals surface area contributed by atoms with Crippen LogP contribution in [0.5, 0.6) is 0 Å². The first kappa shape index (κ1) is 13.5. The molecule has 0 bridgehead atoms. The first-order valence-corrected chi connectivity index (χ1v) is 6.44. The van der Waals surface area contributed by atoms with Crippen molar-refractivity contribution >= 4 is 11.8 Å². The van der Waals surface area contributed by atoms with Gasteiger partial charge in [0.15, 0.2) is 0 Å². The Morgan fingerprint density at radius 3 is 2.68 bits per heavy atom.